The minimum Gasteiger partial charge on any atom is -0.266 e. The zero-order chi connectivity index (χ0) is 10.3. The van der Waals surface area contributed by atoms with Gasteiger partial charge in [0.2, 0.25) is 0 Å². The molecule has 0 fully saturated rings. The standard InChI is InChI=1S/C8H6ClN3O2/c1-11-7-4-5(12(13)14)2-3-6(7)8(9)10-11/h2-4H,1H3. The van der Waals surface area contributed by atoms with E-state index in [0.717, 1.165) is 5.39 Å². The Hall–Kier alpha value is -1.62. The summed E-state index contributed by atoms with van der Waals surface area (Å²) in [5.41, 5.74) is 0.696. The SMILES string of the molecule is Cn1nc(Cl)c2ccc([N+](=O)[O-])cc21. The van der Waals surface area contributed by atoms with E-state index in [1.807, 2.05) is 0 Å². The van der Waals surface area contributed by atoms with Gasteiger partial charge >= 0.3 is 0 Å². The van der Waals surface area contributed by atoms with Crippen molar-refractivity contribution in [2.45, 2.75) is 0 Å². The second-order valence-corrected chi connectivity index (χ2v) is 3.23. The number of hydrogen-bond acceptors (Lipinski definition) is 3. The van der Waals surface area contributed by atoms with E-state index in [1.165, 1.54) is 16.8 Å². The molecule has 1 aromatic heterocycles. The molecule has 2 rings (SSSR count). The van der Waals surface area contributed by atoms with Crippen LogP contribution in [0, 0.1) is 10.1 Å². The van der Waals surface area contributed by atoms with E-state index in [4.69, 9.17) is 11.6 Å². The monoisotopic (exact) mass is 211 g/mol. The minimum atomic E-state index is -0.444. The highest BCUT2D eigenvalue weighted by atomic mass is 35.5. The van der Waals surface area contributed by atoms with Crippen LogP contribution in [0.4, 0.5) is 5.69 Å². The molecule has 0 spiro atoms. The van der Waals surface area contributed by atoms with E-state index in [9.17, 15) is 10.1 Å². The van der Waals surface area contributed by atoms with Crippen LogP contribution in [0.25, 0.3) is 10.9 Å². The topological polar surface area (TPSA) is 61.0 Å². The molecule has 14 heavy (non-hydrogen) atoms. The van der Waals surface area contributed by atoms with Crippen LogP contribution < -0.4 is 0 Å². The number of rotatable bonds is 1. The maximum absolute atomic E-state index is 10.5. The van der Waals surface area contributed by atoms with Crippen LogP contribution in [0.3, 0.4) is 0 Å². The molecule has 0 aliphatic carbocycles. The number of hydrogen-bond donors (Lipinski definition) is 0. The summed E-state index contributed by atoms with van der Waals surface area (Å²) in [7, 11) is 1.69. The maximum Gasteiger partial charge on any atom is 0.271 e. The third kappa shape index (κ3) is 1.22. The number of aryl methyl sites for hydroxylation is 1. The smallest absolute Gasteiger partial charge is 0.266 e. The molecule has 0 unspecified atom stereocenters. The number of nitro groups is 1. The van der Waals surface area contributed by atoms with E-state index in [0.29, 0.717) is 10.7 Å². The molecule has 0 aliphatic rings. The van der Waals surface area contributed by atoms with Crippen LogP contribution in [-0.4, -0.2) is 14.7 Å². The van der Waals surface area contributed by atoms with Crippen LogP contribution in [0.1, 0.15) is 0 Å². The van der Waals surface area contributed by atoms with Crippen molar-refractivity contribution in [1.82, 2.24) is 9.78 Å². The van der Waals surface area contributed by atoms with Crippen LogP contribution in [-0.2, 0) is 7.05 Å². The van der Waals surface area contributed by atoms with Gasteiger partial charge < -0.3 is 0 Å². The Kier molecular flexibility index (Phi) is 1.89. The zero-order valence-corrected chi connectivity index (χ0v) is 8.02. The van der Waals surface area contributed by atoms with Crippen molar-refractivity contribution in [2.24, 2.45) is 7.05 Å². The van der Waals surface area contributed by atoms with Gasteiger partial charge in [-0.05, 0) is 6.07 Å². The van der Waals surface area contributed by atoms with E-state index < -0.39 is 4.92 Å². The average Bonchev–Trinajstić information content (AvgIpc) is 2.42. The lowest BCUT2D eigenvalue weighted by Crippen LogP contribution is -1.91. The molecule has 0 saturated heterocycles. The normalized spacial score (nSPS) is 10.7. The highest BCUT2D eigenvalue weighted by Crippen LogP contribution is 2.25. The maximum atomic E-state index is 10.5. The first-order valence-corrected chi connectivity index (χ1v) is 4.24. The Morgan fingerprint density at radius 2 is 2.29 bits per heavy atom. The second kappa shape index (κ2) is 2.95. The number of non-ortho nitro benzene ring substituents is 1. The van der Waals surface area contributed by atoms with Crippen molar-refractivity contribution in [3.05, 3.63) is 33.5 Å². The summed E-state index contributed by atoms with van der Waals surface area (Å²) in [5.74, 6) is 0. The van der Waals surface area contributed by atoms with Gasteiger partial charge in [-0.2, -0.15) is 5.10 Å². The lowest BCUT2D eigenvalue weighted by molar-refractivity contribution is -0.384. The Labute approximate surface area is 84.0 Å². The van der Waals surface area contributed by atoms with Crippen molar-refractivity contribution in [1.29, 1.82) is 0 Å². The summed E-state index contributed by atoms with van der Waals surface area (Å²) >= 11 is 5.81. The van der Waals surface area contributed by atoms with Gasteiger partial charge in [-0.1, -0.05) is 11.6 Å². The molecule has 2 aromatic rings. The van der Waals surface area contributed by atoms with E-state index in [1.54, 1.807) is 13.1 Å². The van der Waals surface area contributed by atoms with Crippen LogP contribution in [0.15, 0.2) is 18.2 Å². The minimum absolute atomic E-state index is 0.0390. The van der Waals surface area contributed by atoms with Gasteiger partial charge in [0.05, 0.1) is 10.4 Å². The Bertz CT molecular complexity index is 521. The van der Waals surface area contributed by atoms with E-state index in [2.05, 4.69) is 5.10 Å². The van der Waals surface area contributed by atoms with Crippen LogP contribution in [0.2, 0.25) is 5.15 Å². The number of benzene rings is 1. The summed E-state index contributed by atoms with van der Waals surface area (Å²) in [6.07, 6.45) is 0. The molecule has 0 aliphatic heterocycles. The summed E-state index contributed by atoms with van der Waals surface area (Å²) in [4.78, 5) is 10.1. The first-order chi connectivity index (χ1) is 6.59. The molecule has 1 heterocycles. The summed E-state index contributed by atoms with van der Waals surface area (Å²) in [6, 6.07) is 4.47. The number of nitro benzene ring substituents is 1. The van der Waals surface area contributed by atoms with Gasteiger partial charge in [0.1, 0.15) is 0 Å². The first kappa shape index (κ1) is 8.96. The molecule has 0 N–H and O–H groups in total. The van der Waals surface area contributed by atoms with Gasteiger partial charge in [0.15, 0.2) is 5.15 Å². The molecule has 0 saturated carbocycles. The predicted molar refractivity (Wildman–Crippen MR) is 52.4 cm³/mol. The fraction of sp³-hybridized carbons (Fsp3) is 0.125. The summed E-state index contributed by atoms with van der Waals surface area (Å²) in [5, 5.41) is 15.5. The molecule has 0 bridgehead atoms. The van der Waals surface area contributed by atoms with Crippen molar-refractivity contribution < 1.29 is 4.92 Å². The Morgan fingerprint density at radius 1 is 1.57 bits per heavy atom. The van der Waals surface area contributed by atoms with E-state index >= 15 is 0 Å². The summed E-state index contributed by atoms with van der Waals surface area (Å²) in [6.45, 7) is 0. The molecule has 5 nitrogen and oxygen atoms in total. The highest BCUT2D eigenvalue weighted by molar-refractivity contribution is 6.34. The second-order valence-electron chi connectivity index (χ2n) is 2.87. The molecule has 0 atom stereocenters. The van der Waals surface area contributed by atoms with Gasteiger partial charge in [-0.3, -0.25) is 14.8 Å². The number of nitrogens with zero attached hydrogens (tertiary/aromatic N) is 3. The van der Waals surface area contributed by atoms with Crippen LogP contribution >= 0.6 is 11.6 Å². The van der Waals surface area contributed by atoms with Crippen LogP contribution in [0.5, 0.6) is 0 Å². The van der Waals surface area contributed by atoms with E-state index in [-0.39, 0.29) is 5.69 Å². The molecule has 0 amide bonds. The average molecular weight is 212 g/mol. The largest absolute Gasteiger partial charge is 0.271 e. The number of aromatic nitrogens is 2. The molecule has 0 radical (unpaired) electrons. The Balaban J connectivity index is 2.77. The van der Waals surface area contributed by atoms with Crippen molar-refractivity contribution in [2.75, 3.05) is 0 Å². The molecule has 6 heteroatoms. The third-order valence-electron chi connectivity index (χ3n) is 2.00. The first-order valence-electron chi connectivity index (χ1n) is 3.86. The zero-order valence-electron chi connectivity index (χ0n) is 7.27. The Morgan fingerprint density at radius 3 is 2.93 bits per heavy atom. The lowest BCUT2D eigenvalue weighted by Gasteiger charge is -1.93. The lowest BCUT2D eigenvalue weighted by atomic mass is 10.2. The number of halogens is 1. The van der Waals surface area contributed by atoms with Crippen molar-refractivity contribution >= 4 is 28.2 Å². The highest BCUT2D eigenvalue weighted by Gasteiger charge is 2.11. The molecular formula is C8H6ClN3O2. The predicted octanol–water partition coefficient (Wildman–Crippen LogP) is 2.13. The molecular weight excluding hydrogens is 206 g/mol. The molecule has 72 valence electrons. The third-order valence-corrected chi connectivity index (χ3v) is 2.28. The van der Waals surface area contributed by atoms with Gasteiger partial charge in [-0.25, -0.2) is 0 Å². The fourth-order valence-corrected chi connectivity index (χ4v) is 1.59. The molecule has 1 aromatic carbocycles. The van der Waals surface area contributed by atoms with Crippen molar-refractivity contribution in [3.63, 3.8) is 0 Å². The number of fused-ring (bicyclic) bond motifs is 1. The van der Waals surface area contributed by atoms with Gasteiger partial charge in [-0.15, -0.1) is 0 Å². The van der Waals surface area contributed by atoms with Crippen molar-refractivity contribution in [3.8, 4) is 0 Å². The van der Waals surface area contributed by atoms with Gasteiger partial charge in [0.25, 0.3) is 5.69 Å². The quantitative estimate of drug-likeness (QED) is 0.536. The fourth-order valence-electron chi connectivity index (χ4n) is 1.32. The van der Waals surface area contributed by atoms with Gasteiger partial charge in [0, 0.05) is 24.6 Å². The summed E-state index contributed by atoms with van der Waals surface area (Å²) < 4.78 is 1.52.